The number of halogens is 3. The molecule has 0 aromatic carbocycles. The molecular weight excluding hydrogens is 261 g/mol. The number of pyridine rings is 1. The number of nitrogens with zero attached hydrogens (tertiary/aromatic N) is 2. The Kier molecular flexibility index (Phi) is 3.75. The molecule has 19 heavy (non-hydrogen) atoms. The van der Waals surface area contributed by atoms with Gasteiger partial charge in [-0.05, 0) is 19.1 Å². The zero-order valence-corrected chi connectivity index (χ0v) is 10.3. The van der Waals surface area contributed by atoms with Crippen molar-refractivity contribution in [1.29, 1.82) is 0 Å². The third-order valence-corrected chi connectivity index (χ3v) is 2.94. The number of ether oxygens (including phenoxy) is 1. The number of amides is 1. The molecule has 104 valence electrons. The van der Waals surface area contributed by atoms with Gasteiger partial charge in [-0.25, -0.2) is 0 Å². The maximum absolute atomic E-state index is 12.8. The zero-order chi connectivity index (χ0) is 14.0. The quantitative estimate of drug-likeness (QED) is 0.786. The lowest BCUT2D eigenvalue weighted by molar-refractivity contribution is -0.141. The Balaban J connectivity index is 2.33. The molecule has 0 N–H and O–H groups in total. The Morgan fingerprint density at radius 3 is 2.89 bits per heavy atom. The number of aromatic nitrogens is 1. The zero-order valence-electron chi connectivity index (χ0n) is 10.3. The maximum atomic E-state index is 12.8. The first-order chi connectivity index (χ1) is 8.91. The highest BCUT2D eigenvalue weighted by Gasteiger charge is 2.38. The second kappa shape index (κ2) is 5.16. The largest absolute Gasteiger partial charge is 0.434 e. The fraction of sp³-hybridized carbons (Fsp3) is 0.500. The lowest BCUT2D eigenvalue weighted by Crippen LogP contribution is -2.47. The molecule has 7 heteroatoms. The molecule has 1 saturated heterocycles. The summed E-state index contributed by atoms with van der Waals surface area (Å²) in [6.45, 7) is 2.68. The molecule has 1 aliphatic rings. The van der Waals surface area contributed by atoms with Crippen molar-refractivity contribution in [2.45, 2.75) is 19.1 Å². The maximum Gasteiger partial charge on any atom is 0.434 e. The van der Waals surface area contributed by atoms with Crippen molar-refractivity contribution in [2.75, 3.05) is 19.8 Å². The third kappa shape index (κ3) is 2.86. The van der Waals surface area contributed by atoms with Gasteiger partial charge in [0, 0.05) is 12.7 Å². The van der Waals surface area contributed by atoms with E-state index < -0.39 is 23.3 Å². The van der Waals surface area contributed by atoms with Crippen LogP contribution in [0, 0.1) is 0 Å². The molecule has 1 unspecified atom stereocenters. The van der Waals surface area contributed by atoms with Crippen LogP contribution in [0.2, 0.25) is 0 Å². The monoisotopic (exact) mass is 274 g/mol. The average molecular weight is 274 g/mol. The molecule has 2 rings (SSSR count). The van der Waals surface area contributed by atoms with Crippen molar-refractivity contribution in [1.82, 2.24) is 9.88 Å². The van der Waals surface area contributed by atoms with Crippen LogP contribution < -0.4 is 0 Å². The molecule has 0 aliphatic carbocycles. The Labute approximate surface area is 108 Å². The first-order valence-electron chi connectivity index (χ1n) is 5.82. The Bertz CT molecular complexity index is 476. The molecule has 2 heterocycles. The van der Waals surface area contributed by atoms with E-state index >= 15 is 0 Å². The fourth-order valence-corrected chi connectivity index (χ4v) is 1.99. The molecule has 1 aromatic heterocycles. The van der Waals surface area contributed by atoms with Gasteiger partial charge in [-0.1, -0.05) is 0 Å². The minimum Gasteiger partial charge on any atom is -0.377 e. The van der Waals surface area contributed by atoms with Gasteiger partial charge in [0.05, 0.1) is 24.8 Å². The minimum absolute atomic E-state index is 0.248. The van der Waals surface area contributed by atoms with Gasteiger partial charge in [0.2, 0.25) is 0 Å². The number of hydrogen-bond donors (Lipinski definition) is 0. The molecule has 1 aliphatic heterocycles. The van der Waals surface area contributed by atoms with Crippen molar-refractivity contribution in [3.05, 3.63) is 29.6 Å². The topological polar surface area (TPSA) is 42.4 Å². The normalized spacial score (nSPS) is 20.4. The summed E-state index contributed by atoms with van der Waals surface area (Å²) in [7, 11) is 0. The van der Waals surface area contributed by atoms with Crippen LogP contribution in [-0.2, 0) is 10.9 Å². The highest BCUT2D eigenvalue weighted by atomic mass is 19.4. The van der Waals surface area contributed by atoms with Crippen molar-refractivity contribution >= 4 is 5.91 Å². The van der Waals surface area contributed by atoms with Gasteiger partial charge in [-0.15, -0.1) is 0 Å². The average Bonchev–Trinajstić information content (AvgIpc) is 2.37. The van der Waals surface area contributed by atoms with Crippen molar-refractivity contribution < 1.29 is 22.7 Å². The molecule has 1 fully saturated rings. The molecule has 4 nitrogen and oxygen atoms in total. The second-order valence-electron chi connectivity index (χ2n) is 4.32. The van der Waals surface area contributed by atoms with Crippen molar-refractivity contribution in [3.8, 4) is 0 Å². The van der Waals surface area contributed by atoms with Crippen molar-refractivity contribution in [2.24, 2.45) is 0 Å². The summed E-state index contributed by atoms with van der Waals surface area (Å²) in [6.07, 6.45) is -3.61. The van der Waals surface area contributed by atoms with Crippen LogP contribution in [-0.4, -0.2) is 41.6 Å². The van der Waals surface area contributed by atoms with E-state index in [9.17, 15) is 18.0 Å². The van der Waals surface area contributed by atoms with E-state index in [0.717, 1.165) is 12.3 Å². The molecule has 1 amide bonds. The van der Waals surface area contributed by atoms with Gasteiger partial charge in [-0.3, -0.25) is 9.78 Å². The lowest BCUT2D eigenvalue weighted by atomic mass is 10.1. The Morgan fingerprint density at radius 1 is 1.53 bits per heavy atom. The van der Waals surface area contributed by atoms with Crippen LogP contribution in [0.3, 0.4) is 0 Å². The summed E-state index contributed by atoms with van der Waals surface area (Å²) in [6, 6.07) is 2.23. The molecule has 0 saturated carbocycles. The minimum atomic E-state index is -4.64. The van der Waals surface area contributed by atoms with Crippen LogP contribution in [0.15, 0.2) is 18.3 Å². The summed E-state index contributed by atoms with van der Waals surface area (Å²) < 4.78 is 43.6. The van der Waals surface area contributed by atoms with Crippen LogP contribution in [0.4, 0.5) is 13.2 Å². The Morgan fingerprint density at radius 2 is 2.26 bits per heavy atom. The summed E-state index contributed by atoms with van der Waals surface area (Å²) in [5, 5.41) is 0. The number of carbonyl (C=O) groups excluding carboxylic acids is 1. The first kappa shape index (κ1) is 13.8. The SMILES string of the molecule is CC1COCCN1C(=O)c1cccnc1C(F)(F)F. The highest BCUT2D eigenvalue weighted by molar-refractivity contribution is 5.95. The van der Waals surface area contributed by atoms with Gasteiger partial charge in [-0.2, -0.15) is 13.2 Å². The van der Waals surface area contributed by atoms with Gasteiger partial charge >= 0.3 is 6.18 Å². The molecule has 0 spiro atoms. The molecule has 0 radical (unpaired) electrons. The number of carbonyl (C=O) groups is 1. The van der Waals surface area contributed by atoms with Crippen LogP contribution in [0.5, 0.6) is 0 Å². The molecule has 1 aromatic rings. The van der Waals surface area contributed by atoms with Crippen LogP contribution >= 0.6 is 0 Å². The molecular formula is C12H13F3N2O2. The van der Waals surface area contributed by atoms with E-state index in [1.54, 1.807) is 6.92 Å². The first-order valence-corrected chi connectivity index (χ1v) is 5.82. The van der Waals surface area contributed by atoms with E-state index in [1.807, 2.05) is 0 Å². The number of rotatable bonds is 1. The number of morpholine rings is 1. The summed E-state index contributed by atoms with van der Waals surface area (Å²) in [5.74, 6) is -0.656. The van der Waals surface area contributed by atoms with Crippen LogP contribution in [0.1, 0.15) is 23.0 Å². The van der Waals surface area contributed by atoms with Gasteiger partial charge in [0.1, 0.15) is 0 Å². The predicted octanol–water partition coefficient (Wildman–Crippen LogP) is 1.96. The van der Waals surface area contributed by atoms with Gasteiger partial charge in [0.25, 0.3) is 5.91 Å². The van der Waals surface area contributed by atoms with Crippen LogP contribution in [0.25, 0.3) is 0 Å². The number of alkyl halides is 3. The van der Waals surface area contributed by atoms with E-state index in [-0.39, 0.29) is 12.6 Å². The van der Waals surface area contributed by atoms with E-state index in [2.05, 4.69) is 4.98 Å². The lowest BCUT2D eigenvalue weighted by Gasteiger charge is -2.33. The van der Waals surface area contributed by atoms with Gasteiger partial charge in [0.15, 0.2) is 5.69 Å². The third-order valence-electron chi connectivity index (χ3n) is 2.94. The standard InChI is InChI=1S/C12H13F3N2O2/c1-8-7-19-6-5-17(8)11(18)9-3-2-4-16-10(9)12(13,14)15/h2-4,8H,5-7H2,1H3. The van der Waals surface area contributed by atoms with Crippen molar-refractivity contribution in [3.63, 3.8) is 0 Å². The van der Waals surface area contributed by atoms with Gasteiger partial charge < -0.3 is 9.64 Å². The summed E-state index contributed by atoms with van der Waals surface area (Å²) in [5.41, 5.74) is -1.55. The Hall–Kier alpha value is -1.63. The van der Waals surface area contributed by atoms with E-state index in [4.69, 9.17) is 4.74 Å². The molecule has 1 atom stereocenters. The predicted molar refractivity (Wildman–Crippen MR) is 60.6 cm³/mol. The molecule has 0 bridgehead atoms. The summed E-state index contributed by atoms with van der Waals surface area (Å²) >= 11 is 0. The smallest absolute Gasteiger partial charge is 0.377 e. The highest BCUT2D eigenvalue weighted by Crippen LogP contribution is 2.31. The van der Waals surface area contributed by atoms with E-state index in [1.165, 1.54) is 11.0 Å². The second-order valence-corrected chi connectivity index (χ2v) is 4.32. The number of hydrogen-bond acceptors (Lipinski definition) is 3. The van der Waals surface area contributed by atoms with E-state index in [0.29, 0.717) is 13.2 Å². The summed E-state index contributed by atoms with van der Waals surface area (Å²) in [4.78, 5) is 16.9. The fourth-order valence-electron chi connectivity index (χ4n) is 1.99.